The predicted molar refractivity (Wildman–Crippen MR) is 67.7 cm³/mol. The Morgan fingerprint density at radius 2 is 2.18 bits per heavy atom. The smallest absolute Gasteiger partial charge is 0.155 e. The Bertz CT molecular complexity index is 482. The summed E-state index contributed by atoms with van der Waals surface area (Å²) >= 11 is 5.95. The topological polar surface area (TPSA) is 25.2 Å². The fraction of sp³-hybridized carbons (Fsp3) is 0.385. The van der Waals surface area contributed by atoms with Crippen LogP contribution in [0.3, 0.4) is 0 Å². The second kappa shape index (κ2) is 5.07. The van der Waals surface area contributed by atoms with E-state index < -0.39 is 0 Å². The van der Waals surface area contributed by atoms with E-state index in [0.29, 0.717) is 34.2 Å². The molecule has 0 saturated heterocycles. The summed E-state index contributed by atoms with van der Waals surface area (Å²) < 4.78 is 19.0. The van der Waals surface area contributed by atoms with Gasteiger partial charge in [0.15, 0.2) is 5.58 Å². The first kappa shape index (κ1) is 12.4. The molecule has 2 rings (SSSR count). The third-order valence-corrected chi connectivity index (χ3v) is 2.78. The van der Waals surface area contributed by atoms with Crippen molar-refractivity contribution in [3.8, 4) is 0 Å². The maximum Gasteiger partial charge on any atom is 0.155 e. The summed E-state index contributed by atoms with van der Waals surface area (Å²) in [6.07, 6.45) is 0. The summed E-state index contributed by atoms with van der Waals surface area (Å²) in [6, 6.07) is 4.56. The Kier molecular flexibility index (Phi) is 3.69. The van der Waals surface area contributed by atoms with Gasteiger partial charge in [-0.15, -0.1) is 0 Å². The van der Waals surface area contributed by atoms with Crippen LogP contribution in [0.5, 0.6) is 0 Å². The molecule has 0 atom stereocenters. The molecular formula is C13H15ClFNO. The van der Waals surface area contributed by atoms with Crippen LogP contribution < -0.4 is 5.32 Å². The lowest BCUT2D eigenvalue weighted by Gasteiger charge is -2.04. The zero-order valence-electron chi connectivity index (χ0n) is 9.89. The van der Waals surface area contributed by atoms with E-state index in [9.17, 15) is 4.39 Å². The summed E-state index contributed by atoms with van der Waals surface area (Å²) in [5.74, 6) is 0.968. The zero-order chi connectivity index (χ0) is 12.4. The molecule has 0 amide bonds. The Labute approximate surface area is 105 Å². The van der Waals surface area contributed by atoms with Crippen LogP contribution in [0.15, 0.2) is 22.6 Å². The Morgan fingerprint density at radius 3 is 2.82 bits per heavy atom. The summed E-state index contributed by atoms with van der Waals surface area (Å²) in [6.45, 7) is 5.74. The zero-order valence-corrected chi connectivity index (χ0v) is 10.6. The van der Waals surface area contributed by atoms with Crippen LogP contribution >= 0.6 is 11.6 Å². The fourth-order valence-corrected chi connectivity index (χ4v) is 1.88. The molecule has 1 N–H and O–H groups in total. The minimum Gasteiger partial charge on any atom is -0.458 e. The van der Waals surface area contributed by atoms with Crippen LogP contribution in [0.4, 0.5) is 4.39 Å². The number of hydrogen-bond acceptors (Lipinski definition) is 2. The van der Waals surface area contributed by atoms with Crippen molar-refractivity contribution in [1.82, 2.24) is 5.32 Å². The van der Waals surface area contributed by atoms with E-state index in [1.54, 1.807) is 6.07 Å². The minimum absolute atomic E-state index is 0.303. The molecule has 0 aliphatic heterocycles. The summed E-state index contributed by atoms with van der Waals surface area (Å²) in [4.78, 5) is 0. The van der Waals surface area contributed by atoms with Crippen LogP contribution in [0, 0.1) is 11.7 Å². The van der Waals surface area contributed by atoms with Gasteiger partial charge in [-0.2, -0.15) is 0 Å². The number of furan rings is 1. The van der Waals surface area contributed by atoms with Gasteiger partial charge < -0.3 is 9.73 Å². The molecule has 2 aromatic rings. The van der Waals surface area contributed by atoms with Crippen LogP contribution in [0.25, 0.3) is 11.0 Å². The van der Waals surface area contributed by atoms with Gasteiger partial charge in [0, 0.05) is 0 Å². The summed E-state index contributed by atoms with van der Waals surface area (Å²) in [5.41, 5.74) is 0.424. The highest BCUT2D eigenvalue weighted by Crippen LogP contribution is 2.28. The van der Waals surface area contributed by atoms with E-state index in [2.05, 4.69) is 19.2 Å². The van der Waals surface area contributed by atoms with Crippen LogP contribution in [-0.2, 0) is 6.54 Å². The van der Waals surface area contributed by atoms with Crippen molar-refractivity contribution < 1.29 is 8.81 Å². The average Bonchev–Trinajstić information content (AvgIpc) is 2.68. The molecule has 4 heteroatoms. The molecular weight excluding hydrogens is 241 g/mol. The van der Waals surface area contributed by atoms with Crippen molar-refractivity contribution in [3.63, 3.8) is 0 Å². The molecule has 0 radical (unpaired) electrons. The van der Waals surface area contributed by atoms with E-state index >= 15 is 0 Å². The van der Waals surface area contributed by atoms with Gasteiger partial charge in [-0.05, 0) is 30.7 Å². The van der Waals surface area contributed by atoms with Crippen molar-refractivity contribution in [2.24, 2.45) is 5.92 Å². The quantitative estimate of drug-likeness (QED) is 0.894. The Morgan fingerprint density at radius 1 is 1.41 bits per heavy atom. The highest BCUT2D eigenvalue weighted by molar-refractivity contribution is 6.34. The summed E-state index contributed by atoms with van der Waals surface area (Å²) in [5, 5.41) is 4.13. The fourth-order valence-electron chi connectivity index (χ4n) is 1.68. The molecule has 0 aliphatic rings. The number of halogens is 2. The first-order valence-electron chi connectivity index (χ1n) is 5.65. The second-order valence-corrected chi connectivity index (χ2v) is 4.92. The lowest BCUT2D eigenvalue weighted by atomic mass is 10.2. The first-order valence-corrected chi connectivity index (χ1v) is 6.03. The maximum absolute atomic E-state index is 13.5. The molecule has 92 valence electrons. The monoisotopic (exact) mass is 255 g/mol. The molecule has 0 saturated carbocycles. The van der Waals surface area contributed by atoms with E-state index in [4.69, 9.17) is 16.0 Å². The van der Waals surface area contributed by atoms with E-state index in [-0.39, 0.29) is 5.82 Å². The highest BCUT2D eigenvalue weighted by Gasteiger charge is 2.11. The molecule has 0 fully saturated rings. The van der Waals surface area contributed by atoms with Crippen molar-refractivity contribution in [2.75, 3.05) is 6.54 Å². The number of nitrogens with one attached hydrogen (secondary N) is 1. The van der Waals surface area contributed by atoms with Crippen molar-refractivity contribution in [2.45, 2.75) is 20.4 Å². The molecule has 1 aromatic carbocycles. The van der Waals surface area contributed by atoms with Crippen molar-refractivity contribution >= 4 is 22.6 Å². The SMILES string of the molecule is CC(C)CNCc1cc2c(F)ccc(Cl)c2o1. The van der Waals surface area contributed by atoms with E-state index in [1.165, 1.54) is 12.1 Å². The highest BCUT2D eigenvalue weighted by atomic mass is 35.5. The first-order chi connectivity index (χ1) is 8.08. The maximum atomic E-state index is 13.5. The van der Waals surface area contributed by atoms with Crippen molar-refractivity contribution in [3.05, 3.63) is 34.8 Å². The van der Waals surface area contributed by atoms with Crippen molar-refractivity contribution in [1.29, 1.82) is 0 Å². The van der Waals surface area contributed by atoms with Crippen LogP contribution in [0.2, 0.25) is 5.02 Å². The van der Waals surface area contributed by atoms with Gasteiger partial charge >= 0.3 is 0 Å². The molecule has 0 bridgehead atoms. The van der Waals surface area contributed by atoms with Gasteiger partial charge in [-0.1, -0.05) is 25.4 Å². The van der Waals surface area contributed by atoms with Gasteiger partial charge in [-0.25, -0.2) is 4.39 Å². The van der Waals surface area contributed by atoms with Crippen LogP contribution in [0.1, 0.15) is 19.6 Å². The Hall–Kier alpha value is -1.06. The number of hydrogen-bond donors (Lipinski definition) is 1. The molecule has 2 nitrogen and oxygen atoms in total. The van der Waals surface area contributed by atoms with Gasteiger partial charge in [0.1, 0.15) is 11.6 Å². The predicted octanol–water partition coefficient (Wildman–Crippen LogP) is 3.97. The number of fused-ring (bicyclic) bond motifs is 1. The van der Waals surface area contributed by atoms with Gasteiger partial charge in [0.2, 0.25) is 0 Å². The van der Waals surface area contributed by atoms with Gasteiger partial charge in [0.25, 0.3) is 0 Å². The van der Waals surface area contributed by atoms with E-state index in [1.807, 2.05) is 0 Å². The lowest BCUT2D eigenvalue weighted by molar-refractivity contribution is 0.485. The minimum atomic E-state index is -0.303. The summed E-state index contributed by atoms with van der Waals surface area (Å²) in [7, 11) is 0. The standard InChI is InChI=1S/C13H15ClFNO/c1-8(2)6-16-7-9-5-10-12(15)4-3-11(14)13(10)17-9/h3-5,8,16H,6-7H2,1-2H3. The number of rotatable bonds is 4. The molecule has 17 heavy (non-hydrogen) atoms. The molecule has 1 heterocycles. The third-order valence-electron chi connectivity index (χ3n) is 2.49. The Balaban J connectivity index is 2.20. The van der Waals surface area contributed by atoms with Crippen LogP contribution in [-0.4, -0.2) is 6.54 Å². The van der Waals surface area contributed by atoms with E-state index in [0.717, 1.165) is 6.54 Å². The molecule has 1 aromatic heterocycles. The normalized spacial score (nSPS) is 11.6. The molecule has 0 unspecified atom stereocenters. The molecule has 0 spiro atoms. The largest absolute Gasteiger partial charge is 0.458 e. The average molecular weight is 256 g/mol. The van der Waals surface area contributed by atoms with Gasteiger partial charge in [0.05, 0.1) is 17.0 Å². The second-order valence-electron chi connectivity index (χ2n) is 4.51. The third kappa shape index (κ3) is 2.79. The lowest BCUT2D eigenvalue weighted by Crippen LogP contribution is -2.18. The van der Waals surface area contributed by atoms with Gasteiger partial charge in [-0.3, -0.25) is 0 Å². The number of benzene rings is 1. The molecule has 0 aliphatic carbocycles.